The molecule has 2 rings (SSSR count). The second-order valence-corrected chi connectivity index (χ2v) is 7.34. The van der Waals surface area contributed by atoms with Crippen LogP contribution in [0.2, 0.25) is 0 Å². The number of benzene rings is 1. The summed E-state index contributed by atoms with van der Waals surface area (Å²) >= 11 is 0. The molecule has 1 aliphatic rings. The number of hydrogen-bond donors (Lipinski definition) is 0. The lowest BCUT2D eigenvalue weighted by molar-refractivity contribution is -0.137. The maximum Gasteiger partial charge on any atom is 0.416 e. The van der Waals surface area contributed by atoms with E-state index < -0.39 is 21.8 Å². The zero-order chi connectivity index (χ0) is 16.4. The Balaban J connectivity index is 2.06. The number of hydrogen-bond acceptors (Lipinski definition) is 3. The fraction of sp³-hybridized carbons (Fsp3) is 0.571. The molecule has 0 aliphatic carbocycles. The predicted molar refractivity (Wildman–Crippen MR) is 79.3 cm³/mol. The molecule has 4 nitrogen and oxygen atoms in total. The van der Waals surface area contributed by atoms with Crippen LogP contribution in [0.5, 0.6) is 0 Å². The average molecular weight is 336 g/mol. The van der Waals surface area contributed by atoms with Gasteiger partial charge in [0.15, 0.2) is 0 Å². The number of anilines is 1. The van der Waals surface area contributed by atoms with E-state index in [0.29, 0.717) is 38.3 Å². The third kappa shape index (κ3) is 3.92. The monoisotopic (exact) mass is 336 g/mol. The lowest BCUT2D eigenvalue weighted by Crippen LogP contribution is -2.49. The molecule has 1 aromatic carbocycles. The highest BCUT2D eigenvalue weighted by Crippen LogP contribution is 2.31. The van der Waals surface area contributed by atoms with Crippen LogP contribution in [0.4, 0.5) is 18.9 Å². The van der Waals surface area contributed by atoms with Crippen LogP contribution in [0.1, 0.15) is 18.9 Å². The van der Waals surface area contributed by atoms with E-state index in [2.05, 4.69) is 0 Å². The van der Waals surface area contributed by atoms with E-state index >= 15 is 0 Å². The zero-order valence-corrected chi connectivity index (χ0v) is 13.1. The van der Waals surface area contributed by atoms with Gasteiger partial charge in [0.05, 0.1) is 11.3 Å². The van der Waals surface area contributed by atoms with Crippen molar-refractivity contribution in [1.29, 1.82) is 0 Å². The van der Waals surface area contributed by atoms with Gasteiger partial charge in [0.2, 0.25) is 10.0 Å². The molecule has 1 saturated heterocycles. The van der Waals surface area contributed by atoms with Crippen molar-refractivity contribution in [2.45, 2.75) is 19.5 Å². The van der Waals surface area contributed by atoms with Gasteiger partial charge in [0.1, 0.15) is 0 Å². The summed E-state index contributed by atoms with van der Waals surface area (Å²) in [5, 5.41) is 0. The van der Waals surface area contributed by atoms with E-state index in [4.69, 9.17) is 0 Å². The first-order chi connectivity index (χ1) is 10.2. The van der Waals surface area contributed by atoms with E-state index in [1.54, 1.807) is 17.9 Å². The summed E-state index contributed by atoms with van der Waals surface area (Å²) < 4.78 is 63.6. The first kappa shape index (κ1) is 17.1. The molecule has 0 aromatic heterocycles. The summed E-state index contributed by atoms with van der Waals surface area (Å²) in [6.45, 7) is 3.20. The van der Waals surface area contributed by atoms with Gasteiger partial charge in [-0.3, -0.25) is 0 Å². The van der Waals surface area contributed by atoms with E-state index in [9.17, 15) is 21.6 Å². The Hall–Kier alpha value is -1.28. The van der Waals surface area contributed by atoms with Gasteiger partial charge in [-0.15, -0.1) is 0 Å². The number of halogens is 3. The van der Waals surface area contributed by atoms with Crippen LogP contribution in [0.15, 0.2) is 24.3 Å². The minimum atomic E-state index is -4.37. The molecular formula is C14H19F3N2O2S. The van der Waals surface area contributed by atoms with Crippen molar-refractivity contribution in [2.75, 3.05) is 36.8 Å². The Morgan fingerprint density at radius 1 is 1.14 bits per heavy atom. The smallest absolute Gasteiger partial charge is 0.369 e. The van der Waals surface area contributed by atoms with Crippen LogP contribution >= 0.6 is 0 Å². The average Bonchev–Trinajstić information content (AvgIpc) is 2.47. The van der Waals surface area contributed by atoms with Gasteiger partial charge in [-0.2, -0.15) is 17.5 Å². The highest BCUT2D eigenvalue weighted by molar-refractivity contribution is 7.89. The molecule has 1 aromatic rings. The van der Waals surface area contributed by atoms with Gasteiger partial charge < -0.3 is 4.90 Å². The van der Waals surface area contributed by atoms with Gasteiger partial charge in [-0.1, -0.05) is 13.0 Å². The van der Waals surface area contributed by atoms with Crippen LogP contribution in [0.3, 0.4) is 0 Å². The minimum absolute atomic E-state index is 0.108. The number of alkyl halides is 3. The van der Waals surface area contributed by atoms with Crippen molar-refractivity contribution < 1.29 is 21.6 Å². The van der Waals surface area contributed by atoms with Crippen LogP contribution in [-0.2, 0) is 16.2 Å². The molecule has 0 N–H and O–H groups in total. The molecule has 0 atom stereocenters. The van der Waals surface area contributed by atoms with Gasteiger partial charge in [-0.05, 0) is 24.6 Å². The maximum absolute atomic E-state index is 12.7. The van der Waals surface area contributed by atoms with E-state index in [-0.39, 0.29) is 5.75 Å². The Labute approximate surface area is 128 Å². The topological polar surface area (TPSA) is 40.6 Å². The molecule has 8 heteroatoms. The zero-order valence-electron chi connectivity index (χ0n) is 12.3. The van der Waals surface area contributed by atoms with E-state index in [1.807, 2.05) is 0 Å². The fourth-order valence-electron chi connectivity index (χ4n) is 2.49. The van der Waals surface area contributed by atoms with Crippen molar-refractivity contribution in [1.82, 2.24) is 4.31 Å². The molecule has 0 saturated carbocycles. The number of piperazine rings is 1. The highest BCUT2D eigenvalue weighted by atomic mass is 32.2. The van der Waals surface area contributed by atoms with Crippen LogP contribution in [0.25, 0.3) is 0 Å². The van der Waals surface area contributed by atoms with E-state index in [0.717, 1.165) is 12.1 Å². The molecular weight excluding hydrogens is 317 g/mol. The molecule has 1 aliphatic heterocycles. The normalized spacial score (nSPS) is 17.7. The molecule has 1 heterocycles. The number of sulfonamides is 1. The first-order valence-electron chi connectivity index (χ1n) is 7.14. The summed E-state index contributed by atoms with van der Waals surface area (Å²) in [6, 6.07) is 5.13. The first-order valence-corrected chi connectivity index (χ1v) is 8.75. The summed E-state index contributed by atoms with van der Waals surface area (Å²) in [4.78, 5) is 1.78. The van der Waals surface area contributed by atoms with Crippen molar-refractivity contribution >= 4 is 15.7 Å². The highest BCUT2D eigenvalue weighted by Gasteiger charge is 2.31. The Kier molecular flexibility index (Phi) is 5.01. The Bertz CT molecular complexity index is 609. The summed E-state index contributed by atoms with van der Waals surface area (Å²) in [5.41, 5.74) is -0.214. The number of rotatable bonds is 4. The predicted octanol–water partition coefficient (Wildman–Crippen LogP) is 2.57. The molecule has 124 valence electrons. The molecule has 0 spiro atoms. The second-order valence-electron chi connectivity index (χ2n) is 5.25. The maximum atomic E-state index is 12.7. The largest absolute Gasteiger partial charge is 0.416 e. The van der Waals surface area contributed by atoms with Crippen molar-refractivity contribution in [3.63, 3.8) is 0 Å². The third-order valence-electron chi connectivity index (χ3n) is 3.63. The van der Waals surface area contributed by atoms with Gasteiger partial charge in [0.25, 0.3) is 0 Å². The van der Waals surface area contributed by atoms with Crippen molar-refractivity contribution in [3.8, 4) is 0 Å². The van der Waals surface area contributed by atoms with Crippen molar-refractivity contribution in [3.05, 3.63) is 29.8 Å². The number of nitrogens with zero attached hydrogens (tertiary/aromatic N) is 2. The minimum Gasteiger partial charge on any atom is -0.369 e. The summed E-state index contributed by atoms with van der Waals surface area (Å²) in [7, 11) is -3.24. The van der Waals surface area contributed by atoms with Crippen LogP contribution in [-0.4, -0.2) is 44.7 Å². The van der Waals surface area contributed by atoms with Gasteiger partial charge in [0, 0.05) is 31.9 Å². The molecule has 0 unspecified atom stereocenters. The quantitative estimate of drug-likeness (QED) is 0.848. The van der Waals surface area contributed by atoms with Gasteiger partial charge in [-0.25, -0.2) is 8.42 Å². The standard InChI is InChI=1S/C14H19F3N2O2S/c1-2-10-22(20,21)19-8-6-18(7-9-19)13-5-3-4-12(11-13)14(15,16)17/h3-5,11H,2,6-10H2,1H3. The summed E-state index contributed by atoms with van der Waals surface area (Å²) in [5.74, 6) is 0.108. The molecule has 0 bridgehead atoms. The van der Waals surface area contributed by atoms with Gasteiger partial charge >= 0.3 is 6.18 Å². The molecule has 22 heavy (non-hydrogen) atoms. The Morgan fingerprint density at radius 3 is 2.32 bits per heavy atom. The molecule has 0 amide bonds. The molecule has 0 radical (unpaired) electrons. The Morgan fingerprint density at radius 2 is 1.77 bits per heavy atom. The van der Waals surface area contributed by atoms with Crippen LogP contribution in [0, 0.1) is 0 Å². The van der Waals surface area contributed by atoms with E-state index in [1.165, 1.54) is 10.4 Å². The lowest BCUT2D eigenvalue weighted by Gasteiger charge is -2.35. The van der Waals surface area contributed by atoms with Crippen molar-refractivity contribution in [2.24, 2.45) is 0 Å². The second kappa shape index (κ2) is 6.45. The SMILES string of the molecule is CCCS(=O)(=O)N1CCN(c2cccc(C(F)(F)F)c2)CC1. The third-order valence-corrected chi connectivity index (χ3v) is 5.71. The fourth-order valence-corrected chi connectivity index (χ4v) is 3.98. The van der Waals surface area contributed by atoms with Crippen LogP contribution < -0.4 is 4.90 Å². The summed E-state index contributed by atoms with van der Waals surface area (Å²) in [6.07, 6.45) is -3.82. The lowest BCUT2D eigenvalue weighted by atomic mass is 10.1. The molecule has 1 fully saturated rings.